The van der Waals surface area contributed by atoms with Gasteiger partial charge in [0.15, 0.2) is 5.69 Å². The maximum Gasteiger partial charge on any atom is 0.435 e. The van der Waals surface area contributed by atoms with Gasteiger partial charge in [-0.3, -0.25) is 9.78 Å². The smallest absolute Gasteiger partial charge is 0.435 e. The Morgan fingerprint density at radius 1 is 1.30 bits per heavy atom. The standard InChI is InChI=1S/C15H16F3N3O2/c1-14(2,3)23-12(22)7-10-9-21(11-5-4-6-19-8-11)20-13(10)15(16,17)18/h4-6,8-9H,7H2,1-3H3. The minimum atomic E-state index is -4.66. The molecule has 0 fully saturated rings. The van der Waals surface area contributed by atoms with Crippen LogP contribution in [-0.2, 0) is 22.1 Å². The molecule has 0 atom stereocenters. The summed E-state index contributed by atoms with van der Waals surface area (Å²) < 4.78 is 45.5. The Morgan fingerprint density at radius 2 is 2.00 bits per heavy atom. The van der Waals surface area contributed by atoms with Crippen molar-refractivity contribution in [3.8, 4) is 5.69 Å². The van der Waals surface area contributed by atoms with Gasteiger partial charge in [0.25, 0.3) is 0 Å². The lowest BCUT2D eigenvalue weighted by molar-refractivity contribution is -0.154. The molecule has 0 aliphatic carbocycles. The van der Waals surface area contributed by atoms with Crippen LogP contribution in [0.25, 0.3) is 5.69 Å². The molecule has 0 spiro atoms. The Morgan fingerprint density at radius 3 is 2.52 bits per heavy atom. The van der Waals surface area contributed by atoms with Crippen molar-refractivity contribution in [2.24, 2.45) is 0 Å². The number of nitrogens with zero attached hydrogens (tertiary/aromatic N) is 3. The van der Waals surface area contributed by atoms with Crippen LogP contribution in [0.2, 0.25) is 0 Å². The molecule has 2 aromatic rings. The molecule has 2 aromatic heterocycles. The van der Waals surface area contributed by atoms with E-state index in [1.807, 2.05) is 0 Å². The lowest BCUT2D eigenvalue weighted by atomic mass is 10.1. The van der Waals surface area contributed by atoms with Crippen molar-refractivity contribution >= 4 is 5.97 Å². The zero-order valence-corrected chi connectivity index (χ0v) is 12.9. The van der Waals surface area contributed by atoms with Crippen molar-refractivity contribution in [1.29, 1.82) is 0 Å². The average Bonchev–Trinajstić information content (AvgIpc) is 2.81. The van der Waals surface area contributed by atoms with E-state index in [2.05, 4.69) is 10.1 Å². The van der Waals surface area contributed by atoms with Gasteiger partial charge in [-0.1, -0.05) is 0 Å². The van der Waals surface area contributed by atoms with Gasteiger partial charge in [-0.05, 0) is 32.9 Å². The van der Waals surface area contributed by atoms with Crippen LogP contribution in [0.4, 0.5) is 13.2 Å². The van der Waals surface area contributed by atoms with Crippen molar-refractivity contribution < 1.29 is 22.7 Å². The fraction of sp³-hybridized carbons (Fsp3) is 0.400. The summed E-state index contributed by atoms with van der Waals surface area (Å²) in [4.78, 5) is 15.7. The third-order valence-corrected chi connectivity index (χ3v) is 2.72. The van der Waals surface area contributed by atoms with Crippen molar-refractivity contribution in [3.05, 3.63) is 42.0 Å². The Hall–Kier alpha value is -2.38. The Bertz CT molecular complexity index is 688. The highest BCUT2D eigenvalue weighted by Gasteiger charge is 2.38. The summed E-state index contributed by atoms with van der Waals surface area (Å²) in [5, 5.41) is 3.55. The molecule has 0 aliphatic rings. The van der Waals surface area contributed by atoms with Gasteiger partial charge in [0.2, 0.25) is 0 Å². The number of hydrogen-bond donors (Lipinski definition) is 0. The number of carbonyl (C=O) groups excluding carboxylic acids is 1. The molecule has 0 unspecified atom stereocenters. The molecular weight excluding hydrogens is 311 g/mol. The van der Waals surface area contributed by atoms with Gasteiger partial charge in [-0.2, -0.15) is 18.3 Å². The zero-order valence-electron chi connectivity index (χ0n) is 12.9. The largest absolute Gasteiger partial charge is 0.460 e. The van der Waals surface area contributed by atoms with Gasteiger partial charge >= 0.3 is 12.1 Å². The van der Waals surface area contributed by atoms with Crippen molar-refractivity contribution in [2.75, 3.05) is 0 Å². The summed E-state index contributed by atoms with van der Waals surface area (Å²) in [7, 11) is 0. The van der Waals surface area contributed by atoms with Gasteiger partial charge in [0.05, 0.1) is 18.3 Å². The van der Waals surface area contributed by atoms with E-state index >= 15 is 0 Å². The number of esters is 1. The minimum Gasteiger partial charge on any atom is -0.460 e. The molecule has 124 valence electrons. The second kappa shape index (κ2) is 6.02. The lowest BCUT2D eigenvalue weighted by Crippen LogP contribution is -2.25. The molecule has 2 rings (SSSR count). The summed E-state index contributed by atoms with van der Waals surface area (Å²) in [6.07, 6.45) is -1.12. The molecule has 23 heavy (non-hydrogen) atoms. The fourth-order valence-corrected chi connectivity index (χ4v) is 1.93. The van der Waals surface area contributed by atoms with Crippen LogP contribution in [0.1, 0.15) is 32.0 Å². The highest BCUT2D eigenvalue weighted by molar-refractivity contribution is 5.73. The summed E-state index contributed by atoms with van der Waals surface area (Å²) in [5.74, 6) is -0.742. The van der Waals surface area contributed by atoms with E-state index in [1.54, 1.807) is 32.9 Å². The van der Waals surface area contributed by atoms with E-state index in [4.69, 9.17) is 4.74 Å². The topological polar surface area (TPSA) is 57.0 Å². The average molecular weight is 327 g/mol. The molecule has 2 heterocycles. The third kappa shape index (κ3) is 4.54. The van der Waals surface area contributed by atoms with Crippen molar-refractivity contribution in [2.45, 2.75) is 39.0 Å². The number of carbonyl (C=O) groups is 1. The maximum absolute atomic E-state index is 13.1. The van der Waals surface area contributed by atoms with Gasteiger partial charge in [0.1, 0.15) is 5.60 Å². The fourth-order valence-electron chi connectivity index (χ4n) is 1.93. The van der Waals surface area contributed by atoms with E-state index in [0.29, 0.717) is 5.69 Å². The van der Waals surface area contributed by atoms with E-state index in [-0.39, 0.29) is 5.56 Å². The highest BCUT2D eigenvalue weighted by Crippen LogP contribution is 2.31. The molecule has 5 nitrogen and oxygen atoms in total. The van der Waals surface area contributed by atoms with E-state index in [9.17, 15) is 18.0 Å². The number of alkyl halides is 3. The van der Waals surface area contributed by atoms with Crippen LogP contribution in [-0.4, -0.2) is 26.3 Å². The summed E-state index contributed by atoms with van der Waals surface area (Å²) >= 11 is 0. The van der Waals surface area contributed by atoms with E-state index in [0.717, 1.165) is 4.68 Å². The second-order valence-electron chi connectivity index (χ2n) is 5.92. The Kier molecular flexibility index (Phi) is 4.44. The molecule has 0 bridgehead atoms. The SMILES string of the molecule is CC(C)(C)OC(=O)Cc1cn(-c2cccnc2)nc1C(F)(F)F. The number of rotatable bonds is 3. The molecule has 0 saturated heterocycles. The van der Waals surface area contributed by atoms with Crippen LogP contribution < -0.4 is 0 Å². The molecule has 0 aromatic carbocycles. The zero-order chi connectivity index (χ0) is 17.3. The Labute approximate surface area is 131 Å². The molecular formula is C15H16F3N3O2. The maximum atomic E-state index is 13.1. The molecule has 0 N–H and O–H groups in total. The number of ether oxygens (including phenoxy) is 1. The molecule has 0 saturated carbocycles. The first kappa shape index (κ1) is 17.0. The quantitative estimate of drug-likeness (QED) is 0.813. The number of hydrogen-bond acceptors (Lipinski definition) is 4. The first-order valence-corrected chi connectivity index (χ1v) is 6.84. The molecule has 8 heteroatoms. The van der Waals surface area contributed by atoms with E-state index in [1.165, 1.54) is 18.6 Å². The number of halogens is 3. The van der Waals surface area contributed by atoms with Gasteiger partial charge in [-0.25, -0.2) is 4.68 Å². The predicted octanol–water partition coefficient (Wildman–Crippen LogP) is 3.17. The first-order chi connectivity index (χ1) is 10.6. The Balaban J connectivity index is 2.34. The monoisotopic (exact) mass is 327 g/mol. The van der Waals surface area contributed by atoms with Crippen LogP contribution in [0.15, 0.2) is 30.7 Å². The number of pyridine rings is 1. The highest BCUT2D eigenvalue weighted by atomic mass is 19.4. The summed E-state index contributed by atoms with van der Waals surface area (Å²) in [6, 6.07) is 3.15. The second-order valence-corrected chi connectivity index (χ2v) is 5.92. The van der Waals surface area contributed by atoms with Gasteiger partial charge < -0.3 is 4.74 Å². The van der Waals surface area contributed by atoms with Crippen LogP contribution >= 0.6 is 0 Å². The van der Waals surface area contributed by atoms with Crippen LogP contribution in [0.3, 0.4) is 0 Å². The summed E-state index contributed by atoms with van der Waals surface area (Å²) in [6.45, 7) is 4.94. The number of aromatic nitrogens is 3. The van der Waals surface area contributed by atoms with Crippen LogP contribution in [0.5, 0.6) is 0 Å². The molecule has 0 amide bonds. The molecule has 0 radical (unpaired) electrons. The van der Waals surface area contributed by atoms with Crippen molar-refractivity contribution in [1.82, 2.24) is 14.8 Å². The predicted molar refractivity (Wildman–Crippen MR) is 75.9 cm³/mol. The summed E-state index contributed by atoms with van der Waals surface area (Å²) in [5.41, 5.74) is -1.74. The molecule has 0 aliphatic heterocycles. The lowest BCUT2D eigenvalue weighted by Gasteiger charge is -2.19. The van der Waals surface area contributed by atoms with Crippen LogP contribution in [0, 0.1) is 0 Å². The van der Waals surface area contributed by atoms with E-state index < -0.39 is 29.9 Å². The first-order valence-electron chi connectivity index (χ1n) is 6.84. The van der Waals surface area contributed by atoms with Gasteiger partial charge in [-0.15, -0.1) is 0 Å². The minimum absolute atomic E-state index is 0.240. The van der Waals surface area contributed by atoms with Crippen molar-refractivity contribution in [3.63, 3.8) is 0 Å². The van der Waals surface area contributed by atoms with Gasteiger partial charge in [0, 0.05) is 18.0 Å². The third-order valence-electron chi connectivity index (χ3n) is 2.72. The normalized spacial score (nSPS) is 12.3.